The fraction of sp³-hybridized carbons (Fsp3) is 0.444. The van der Waals surface area contributed by atoms with E-state index in [0.29, 0.717) is 16.5 Å². The SMILES string of the molecule is CCCCCCCCNC(=O)c1ccc(Oc2nccs2)cc1. The van der Waals surface area contributed by atoms with Gasteiger partial charge in [0.1, 0.15) is 5.75 Å². The first kappa shape index (κ1) is 17.5. The standard InChI is InChI=1S/C18H24N2O2S/c1-2-3-4-5-6-7-12-19-17(21)15-8-10-16(11-9-15)22-18-20-13-14-23-18/h8-11,13-14H,2-7,12H2,1H3,(H,19,21). The van der Waals surface area contributed by atoms with Gasteiger partial charge in [-0.25, -0.2) is 4.98 Å². The molecule has 1 amide bonds. The highest BCUT2D eigenvalue weighted by Crippen LogP contribution is 2.23. The number of thiazole rings is 1. The molecular formula is C18H24N2O2S. The summed E-state index contributed by atoms with van der Waals surface area (Å²) >= 11 is 1.44. The normalized spacial score (nSPS) is 10.5. The predicted molar refractivity (Wildman–Crippen MR) is 94.3 cm³/mol. The second-order valence-corrected chi connectivity index (χ2v) is 6.31. The van der Waals surface area contributed by atoms with Crippen LogP contribution in [0.3, 0.4) is 0 Å². The molecule has 0 saturated heterocycles. The van der Waals surface area contributed by atoms with Crippen molar-refractivity contribution < 1.29 is 9.53 Å². The van der Waals surface area contributed by atoms with Gasteiger partial charge in [-0.15, -0.1) is 0 Å². The molecule has 0 aliphatic carbocycles. The molecule has 0 atom stereocenters. The van der Waals surface area contributed by atoms with Crippen LogP contribution in [0.25, 0.3) is 0 Å². The number of hydrogen-bond donors (Lipinski definition) is 1. The van der Waals surface area contributed by atoms with Gasteiger partial charge in [0.2, 0.25) is 0 Å². The average Bonchev–Trinajstić information content (AvgIpc) is 3.07. The van der Waals surface area contributed by atoms with Crippen molar-refractivity contribution in [2.45, 2.75) is 45.4 Å². The number of nitrogens with one attached hydrogen (secondary N) is 1. The van der Waals surface area contributed by atoms with Crippen molar-refractivity contribution in [2.24, 2.45) is 0 Å². The van der Waals surface area contributed by atoms with Gasteiger partial charge in [-0.3, -0.25) is 4.79 Å². The Balaban J connectivity index is 1.68. The number of rotatable bonds is 10. The maximum atomic E-state index is 12.0. The third-order valence-electron chi connectivity index (χ3n) is 3.55. The van der Waals surface area contributed by atoms with Crippen LogP contribution in [0.2, 0.25) is 0 Å². The van der Waals surface area contributed by atoms with Crippen molar-refractivity contribution in [3.63, 3.8) is 0 Å². The summed E-state index contributed by atoms with van der Waals surface area (Å²) in [7, 11) is 0. The molecule has 124 valence electrons. The second-order valence-electron chi connectivity index (χ2n) is 5.45. The van der Waals surface area contributed by atoms with Gasteiger partial charge in [0.15, 0.2) is 0 Å². The van der Waals surface area contributed by atoms with Gasteiger partial charge < -0.3 is 10.1 Å². The third kappa shape index (κ3) is 6.40. The lowest BCUT2D eigenvalue weighted by atomic mass is 10.1. The minimum absolute atomic E-state index is 0.0284. The van der Waals surface area contributed by atoms with Gasteiger partial charge in [0.25, 0.3) is 11.1 Å². The summed E-state index contributed by atoms with van der Waals surface area (Å²) in [6, 6.07) is 7.14. The van der Waals surface area contributed by atoms with Crippen LogP contribution in [0.1, 0.15) is 55.8 Å². The first-order valence-corrected chi connectivity index (χ1v) is 9.13. The quantitative estimate of drug-likeness (QED) is 0.621. The molecule has 0 aliphatic heterocycles. The van der Waals surface area contributed by atoms with E-state index in [9.17, 15) is 4.79 Å². The minimum atomic E-state index is -0.0284. The number of ether oxygens (including phenoxy) is 1. The molecule has 4 nitrogen and oxygen atoms in total. The fourth-order valence-electron chi connectivity index (χ4n) is 2.25. The highest BCUT2D eigenvalue weighted by atomic mass is 32.1. The van der Waals surface area contributed by atoms with Crippen LogP contribution in [0, 0.1) is 0 Å². The Hall–Kier alpha value is -1.88. The van der Waals surface area contributed by atoms with Crippen molar-refractivity contribution in [3.05, 3.63) is 41.4 Å². The first-order chi connectivity index (χ1) is 11.3. The number of hydrogen-bond acceptors (Lipinski definition) is 4. The van der Waals surface area contributed by atoms with E-state index in [-0.39, 0.29) is 5.91 Å². The molecule has 0 aliphatic rings. The molecule has 2 aromatic rings. The number of amides is 1. The third-order valence-corrected chi connectivity index (χ3v) is 4.20. The van der Waals surface area contributed by atoms with Crippen LogP contribution >= 0.6 is 11.3 Å². The molecule has 1 aromatic heterocycles. The van der Waals surface area contributed by atoms with E-state index in [1.807, 2.05) is 5.38 Å². The van der Waals surface area contributed by atoms with Gasteiger partial charge in [-0.05, 0) is 30.7 Å². The topological polar surface area (TPSA) is 51.2 Å². The largest absolute Gasteiger partial charge is 0.431 e. The van der Waals surface area contributed by atoms with Crippen LogP contribution in [0.15, 0.2) is 35.8 Å². The summed E-state index contributed by atoms with van der Waals surface area (Å²) < 4.78 is 5.57. The average molecular weight is 332 g/mol. The minimum Gasteiger partial charge on any atom is -0.431 e. The molecular weight excluding hydrogens is 308 g/mol. The molecule has 0 spiro atoms. The Labute approximate surface area is 141 Å². The molecule has 0 unspecified atom stereocenters. The van der Waals surface area contributed by atoms with Gasteiger partial charge >= 0.3 is 0 Å². The summed E-state index contributed by atoms with van der Waals surface area (Å²) in [5.41, 5.74) is 0.655. The van der Waals surface area contributed by atoms with Gasteiger partial charge in [-0.2, -0.15) is 0 Å². The highest BCUT2D eigenvalue weighted by molar-refractivity contribution is 7.11. The second kappa shape index (κ2) is 10.0. The van der Waals surface area contributed by atoms with Crippen LogP contribution in [-0.4, -0.2) is 17.4 Å². The molecule has 1 heterocycles. The summed E-state index contributed by atoms with van der Waals surface area (Å²) in [5, 5.41) is 5.43. The Morgan fingerprint density at radius 3 is 2.57 bits per heavy atom. The molecule has 0 bridgehead atoms. The lowest BCUT2D eigenvalue weighted by Gasteiger charge is -2.06. The number of unbranched alkanes of at least 4 members (excludes halogenated alkanes) is 5. The molecule has 5 heteroatoms. The smallest absolute Gasteiger partial charge is 0.278 e. The molecule has 1 N–H and O–H groups in total. The number of nitrogens with zero attached hydrogens (tertiary/aromatic N) is 1. The van der Waals surface area contributed by atoms with E-state index >= 15 is 0 Å². The van der Waals surface area contributed by atoms with Crippen LogP contribution in [0.4, 0.5) is 0 Å². The van der Waals surface area contributed by atoms with E-state index in [1.54, 1.807) is 30.5 Å². The number of benzene rings is 1. The first-order valence-electron chi connectivity index (χ1n) is 8.25. The summed E-state index contributed by atoms with van der Waals surface area (Å²) in [6.45, 7) is 2.95. The molecule has 1 aromatic carbocycles. The Morgan fingerprint density at radius 1 is 1.13 bits per heavy atom. The Morgan fingerprint density at radius 2 is 1.87 bits per heavy atom. The van der Waals surface area contributed by atoms with Gasteiger partial charge in [-0.1, -0.05) is 50.4 Å². The summed E-state index contributed by atoms with van der Waals surface area (Å²) in [4.78, 5) is 16.1. The molecule has 2 rings (SSSR count). The van der Waals surface area contributed by atoms with E-state index in [4.69, 9.17) is 4.74 Å². The van der Waals surface area contributed by atoms with Gasteiger partial charge in [0.05, 0.1) is 0 Å². The lowest BCUT2D eigenvalue weighted by Crippen LogP contribution is -2.24. The highest BCUT2D eigenvalue weighted by Gasteiger charge is 2.06. The van der Waals surface area contributed by atoms with Crippen molar-refractivity contribution in [1.82, 2.24) is 10.3 Å². The zero-order chi connectivity index (χ0) is 16.3. The Bertz CT molecular complexity index is 567. The molecule has 0 saturated carbocycles. The maximum Gasteiger partial charge on any atom is 0.278 e. The Kier molecular flexibility index (Phi) is 7.60. The zero-order valence-corrected chi connectivity index (χ0v) is 14.4. The molecule has 23 heavy (non-hydrogen) atoms. The summed E-state index contributed by atoms with van der Waals surface area (Å²) in [5.74, 6) is 0.659. The monoisotopic (exact) mass is 332 g/mol. The van der Waals surface area contributed by atoms with E-state index in [1.165, 1.54) is 43.4 Å². The number of carbonyl (C=O) groups is 1. The van der Waals surface area contributed by atoms with Crippen molar-refractivity contribution in [3.8, 4) is 10.9 Å². The van der Waals surface area contributed by atoms with Gasteiger partial charge in [0, 0.05) is 23.7 Å². The fourth-order valence-corrected chi connectivity index (χ4v) is 2.75. The van der Waals surface area contributed by atoms with Crippen LogP contribution < -0.4 is 10.1 Å². The zero-order valence-electron chi connectivity index (χ0n) is 13.6. The van der Waals surface area contributed by atoms with Crippen LogP contribution in [-0.2, 0) is 0 Å². The van der Waals surface area contributed by atoms with E-state index in [0.717, 1.165) is 13.0 Å². The molecule has 0 radical (unpaired) electrons. The van der Waals surface area contributed by atoms with Crippen molar-refractivity contribution in [1.29, 1.82) is 0 Å². The number of carbonyl (C=O) groups excluding carboxylic acids is 1. The lowest BCUT2D eigenvalue weighted by molar-refractivity contribution is 0.0953. The van der Waals surface area contributed by atoms with Crippen LogP contribution in [0.5, 0.6) is 10.9 Å². The molecule has 0 fully saturated rings. The van der Waals surface area contributed by atoms with E-state index in [2.05, 4.69) is 17.2 Å². The summed E-state index contributed by atoms with van der Waals surface area (Å²) in [6.07, 6.45) is 9.05. The predicted octanol–water partition coefficient (Wildman–Crippen LogP) is 5.03. The maximum absolute atomic E-state index is 12.0. The van der Waals surface area contributed by atoms with Crippen molar-refractivity contribution >= 4 is 17.2 Å². The van der Waals surface area contributed by atoms with Crippen molar-refractivity contribution in [2.75, 3.05) is 6.54 Å². The number of aromatic nitrogens is 1. The van der Waals surface area contributed by atoms with E-state index < -0.39 is 0 Å².